The molecule has 0 aliphatic carbocycles. The number of halogens is 3. The molecule has 5 rings (SSSR count). The Morgan fingerprint density at radius 2 is 1.76 bits per heavy atom. The largest absolute Gasteiger partial charge is 0.416 e. The molecule has 5 nitrogen and oxygen atoms in total. The molecule has 34 heavy (non-hydrogen) atoms. The van der Waals surface area contributed by atoms with Crippen molar-refractivity contribution < 1.29 is 18.0 Å². The van der Waals surface area contributed by atoms with Crippen molar-refractivity contribution in [1.82, 2.24) is 9.47 Å². The Bertz CT molecular complexity index is 1370. The summed E-state index contributed by atoms with van der Waals surface area (Å²) in [6.07, 6.45) is -3.64. The third kappa shape index (κ3) is 3.87. The lowest BCUT2D eigenvalue weighted by atomic mass is 9.82. The minimum absolute atomic E-state index is 0.0295. The number of benzene rings is 2. The van der Waals surface area contributed by atoms with E-state index in [-0.39, 0.29) is 34.4 Å². The van der Waals surface area contributed by atoms with Crippen LogP contribution in [0.25, 0.3) is 11.1 Å². The van der Waals surface area contributed by atoms with Gasteiger partial charge in [0.1, 0.15) is 0 Å². The van der Waals surface area contributed by atoms with Crippen molar-refractivity contribution in [3.8, 4) is 17.2 Å². The van der Waals surface area contributed by atoms with Crippen molar-refractivity contribution in [2.24, 2.45) is 5.92 Å². The molecule has 2 atom stereocenters. The summed E-state index contributed by atoms with van der Waals surface area (Å²) in [4.78, 5) is 28.1. The molecule has 8 heteroatoms. The molecule has 2 aliphatic rings. The van der Waals surface area contributed by atoms with E-state index in [1.807, 2.05) is 6.07 Å². The van der Waals surface area contributed by atoms with E-state index >= 15 is 0 Å². The van der Waals surface area contributed by atoms with Gasteiger partial charge in [-0.2, -0.15) is 18.4 Å². The van der Waals surface area contributed by atoms with Crippen LogP contribution in [0.15, 0.2) is 65.5 Å². The van der Waals surface area contributed by atoms with E-state index in [0.29, 0.717) is 30.8 Å². The van der Waals surface area contributed by atoms with Crippen molar-refractivity contribution >= 4 is 5.91 Å². The Balaban J connectivity index is 1.44. The Kier molecular flexibility index (Phi) is 5.28. The fourth-order valence-electron chi connectivity index (χ4n) is 5.06. The van der Waals surface area contributed by atoms with Crippen LogP contribution in [0.3, 0.4) is 0 Å². The van der Waals surface area contributed by atoms with Gasteiger partial charge in [0.25, 0.3) is 11.5 Å². The van der Waals surface area contributed by atoms with Gasteiger partial charge in [0.05, 0.1) is 17.2 Å². The van der Waals surface area contributed by atoms with E-state index < -0.39 is 11.7 Å². The fourth-order valence-corrected chi connectivity index (χ4v) is 5.06. The van der Waals surface area contributed by atoms with Crippen LogP contribution < -0.4 is 5.56 Å². The quantitative estimate of drug-likeness (QED) is 0.555. The second-order valence-corrected chi connectivity index (χ2v) is 8.86. The molecule has 0 N–H and O–H groups in total. The number of nitriles is 1. The molecule has 2 aliphatic heterocycles. The standard InChI is InChI=1S/C26H20F3N3O2/c27-26(28,29)21-3-1-2-19(11-21)22-8-9-23-20-10-17(14-32(23)25(22)34)13-31(15-20)24(33)18-6-4-16(12-30)5-7-18/h1-9,11,17,20H,10,13-15H2. The normalized spacial score (nSPS) is 19.3. The van der Waals surface area contributed by atoms with Gasteiger partial charge in [-0.25, -0.2) is 0 Å². The average molecular weight is 463 g/mol. The van der Waals surface area contributed by atoms with Crippen LogP contribution >= 0.6 is 0 Å². The summed E-state index contributed by atoms with van der Waals surface area (Å²) in [5.41, 5.74) is 1.17. The highest BCUT2D eigenvalue weighted by atomic mass is 19.4. The smallest absolute Gasteiger partial charge is 0.338 e. The topological polar surface area (TPSA) is 66.1 Å². The highest BCUT2D eigenvalue weighted by Gasteiger charge is 2.37. The molecule has 3 aromatic rings. The molecule has 3 heterocycles. The minimum Gasteiger partial charge on any atom is -0.338 e. The maximum atomic E-state index is 13.3. The molecule has 1 fully saturated rings. The number of fused-ring (bicyclic) bond motifs is 4. The molecule has 2 aromatic carbocycles. The van der Waals surface area contributed by atoms with Crippen LogP contribution in [0.4, 0.5) is 13.2 Å². The molecular weight excluding hydrogens is 443 g/mol. The number of pyridine rings is 1. The van der Waals surface area contributed by atoms with E-state index in [1.165, 1.54) is 12.1 Å². The molecule has 0 radical (unpaired) electrons. The summed E-state index contributed by atoms with van der Waals surface area (Å²) < 4.78 is 41.1. The van der Waals surface area contributed by atoms with Crippen molar-refractivity contribution in [1.29, 1.82) is 5.26 Å². The Labute approximate surface area is 193 Å². The van der Waals surface area contributed by atoms with Gasteiger partial charge in [-0.1, -0.05) is 12.1 Å². The van der Waals surface area contributed by atoms with Gasteiger partial charge in [0.2, 0.25) is 0 Å². The minimum atomic E-state index is -4.48. The van der Waals surface area contributed by atoms with Crippen molar-refractivity contribution in [3.05, 3.63) is 93.4 Å². The number of rotatable bonds is 2. The molecule has 1 saturated heterocycles. The van der Waals surface area contributed by atoms with E-state index in [4.69, 9.17) is 5.26 Å². The lowest BCUT2D eigenvalue weighted by Crippen LogP contribution is -2.49. The zero-order valence-corrected chi connectivity index (χ0v) is 18.0. The van der Waals surface area contributed by atoms with Crippen LogP contribution in [-0.2, 0) is 12.7 Å². The van der Waals surface area contributed by atoms with Gasteiger partial charge < -0.3 is 9.47 Å². The number of carbonyl (C=O) groups excluding carboxylic acids is 1. The Morgan fingerprint density at radius 1 is 1.00 bits per heavy atom. The lowest BCUT2D eigenvalue weighted by Gasteiger charge is -2.43. The maximum absolute atomic E-state index is 13.3. The summed E-state index contributed by atoms with van der Waals surface area (Å²) >= 11 is 0. The first-order valence-corrected chi connectivity index (χ1v) is 11.0. The number of piperidine rings is 1. The first-order chi connectivity index (χ1) is 16.2. The second-order valence-electron chi connectivity index (χ2n) is 8.86. The number of amides is 1. The monoisotopic (exact) mass is 463 g/mol. The fraction of sp³-hybridized carbons (Fsp3) is 0.269. The highest BCUT2D eigenvalue weighted by Crippen LogP contribution is 2.37. The highest BCUT2D eigenvalue weighted by molar-refractivity contribution is 5.94. The molecule has 0 saturated carbocycles. The predicted octanol–water partition coefficient (Wildman–Crippen LogP) is 4.67. The maximum Gasteiger partial charge on any atom is 0.416 e. The number of hydrogen-bond donors (Lipinski definition) is 0. The SMILES string of the molecule is N#Cc1ccc(C(=O)N2CC3CC(C2)c2ccc(-c4cccc(C(F)(F)F)c4)c(=O)n2C3)cc1. The van der Waals surface area contributed by atoms with E-state index in [1.54, 1.807) is 45.9 Å². The summed E-state index contributed by atoms with van der Waals surface area (Å²) in [6, 6.07) is 16.8. The molecule has 1 aromatic heterocycles. The number of alkyl halides is 3. The van der Waals surface area contributed by atoms with Crippen LogP contribution in [0.5, 0.6) is 0 Å². The van der Waals surface area contributed by atoms with E-state index in [2.05, 4.69) is 0 Å². The number of likely N-dealkylation sites (tertiary alicyclic amines) is 1. The van der Waals surface area contributed by atoms with Gasteiger partial charge in [-0.05, 0) is 66.4 Å². The van der Waals surface area contributed by atoms with Gasteiger partial charge in [-0.15, -0.1) is 0 Å². The Hall–Kier alpha value is -3.86. The first kappa shape index (κ1) is 22.0. The zero-order chi connectivity index (χ0) is 24.0. The van der Waals surface area contributed by atoms with Gasteiger partial charge >= 0.3 is 6.18 Å². The zero-order valence-electron chi connectivity index (χ0n) is 18.0. The van der Waals surface area contributed by atoms with Gasteiger partial charge in [-0.3, -0.25) is 9.59 Å². The lowest BCUT2D eigenvalue weighted by molar-refractivity contribution is -0.137. The third-order valence-corrected chi connectivity index (χ3v) is 6.65. The second kappa shape index (κ2) is 8.17. The molecule has 1 amide bonds. The summed E-state index contributed by atoms with van der Waals surface area (Å²) in [7, 11) is 0. The van der Waals surface area contributed by atoms with Crippen LogP contribution in [0.2, 0.25) is 0 Å². The van der Waals surface area contributed by atoms with Crippen LogP contribution in [0, 0.1) is 17.2 Å². The summed E-state index contributed by atoms with van der Waals surface area (Å²) in [5.74, 6) is -0.0725. The third-order valence-electron chi connectivity index (χ3n) is 6.65. The van der Waals surface area contributed by atoms with Crippen LogP contribution in [-0.4, -0.2) is 28.5 Å². The number of carbonyl (C=O) groups is 1. The first-order valence-electron chi connectivity index (χ1n) is 11.0. The number of hydrogen-bond acceptors (Lipinski definition) is 3. The molecule has 0 spiro atoms. The van der Waals surface area contributed by atoms with Crippen molar-refractivity contribution in [2.75, 3.05) is 13.1 Å². The number of nitrogens with zero attached hydrogens (tertiary/aromatic N) is 3. The Morgan fingerprint density at radius 3 is 2.47 bits per heavy atom. The molecular formula is C26H20F3N3O2. The summed E-state index contributed by atoms with van der Waals surface area (Å²) in [5, 5.41) is 8.96. The van der Waals surface area contributed by atoms with Crippen molar-refractivity contribution in [3.63, 3.8) is 0 Å². The molecule has 172 valence electrons. The average Bonchev–Trinajstić information content (AvgIpc) is 2.84. The van der Waals surface area contributed by atoms with Gasteiger partial charge in [0.15, 0.2) is 0 Å². The van der Waals surface area contributed by atoms with E-state index in [9.17, 15) is 22.8 Å². The molecule has 2 unspecified atom stereocenters. The summed E-state index contributed by atoms with van der Waals surface area (Å²) in [6.45, 7) is 1.36. The predicted molar refractivity (Wildman–Crippen MR) is 119 cm³/mol. The number of aromatic nitrogens is 1. The van der Waals surface area contributed by atoms with Crippen molar-refractivity contribution in [2.45, 2.75) is 25.1 Å². The van der Waals surface area contributed by atoms with Crippen LogP contribution in [0.1, 0.15) is 39.5 Å². The van der Waals surface area contributed by atoms with Gasteiger partial charge in [0, 0.05) is 42.4 Å². The van der Waals surface area contributed by atoms with E-state index in [0.717, 1.165) is 24.2 Å². The molecule has 2 bridgehead atoms.